The summed E-state index contributed by atoms with van der Waals surface area (Å²) < 4.78 is 5.83. The lowest BCUT2D eigenvalue weighted by Gasteiger charge is -2.39. The van der Waals surface area contributed by atoms with Crippen molar-refractivity contribution in [2.75, 3.05) is 42.9 Å². The third-order valence-corrected chi connectivity index (χ3v) is 5.69. The summed E-state index contributed by atoms with van der Waals surface area (Å²) in [4.78, 5) is 9.18. The van der Waals surface area contributed by atoms with E-state index in [-0.39, 0.29) is 5.69 Å². The number of oxazole rings is 1. The smallest absolute Gasteiger partial charge is 0.232 e. The topological polar surface area (TPSA) is 68.3 Å². The van der Waals surface area contributed by atoms with Gasteiger partial charge >= 0.3 is 0 Å². The second-order valence-corrected chi connectivity index (χ2v) is 7.84. The van der Waals surface area contributed by atoms with Gasteiger partial charge in [-0.3, -0.25) is 4.90 Å². The van der Waals surface area contributed by atoms with E-state index in [0.717, 1.165) is 31.7 Å². The zero-order valence-corrected chi connectivity index (χ0v) is 17.6. The molecule has 1 aliphatic rings. The summed E-state index contributed by atoms with van der Waals surface area (Å²) in [7, 11) is 0. The van der Waals surface area contributed by atoms with Crippen LogP contribution in [0.15, 0.2) is 59.0 Å². The minimum Gasteiger partial charge on any atom is -0.419 e. The van der Waals surface area contributed by atoms with Crippen molar-refractivity contribution >= 4 is 23.2 Å². The number of anilines is 2. The third-order valence-electron chi connectivity index (χ3n) is 5.44. The maximum Gasteiger partial charge on any atom is 0.232 e. The summed E-state index contributed by atoms with van der Waals surface area (Å²) in [5.41, 5.74) is 2.33. The first-order valence-corrected chi connectivity index (χ1v) is 10.5. The van der Waals surface area contributed by atoms with Gasteiger partial charge in [0.05, 0.1) is 0 Å². The molecule has 4 rings (SSSR count). The number of hydrogen-bond acceptors (Lipinski definition) is 6. The van der Waals surface area contributed by atoms with E-state index in [2.05, 4.69) is 57.4 Å². The number of hydrogen-bond donors (Lipinski definition) is 1. The summed E-state index contributed by atoms with van der Waals surface area (Å²) in [5, 5.41) is 13.3. The van der Waals surface area contributed by atoms with E-state index in [1.165, 1.54) is 5.69 Å². The van der Waals surface area contributed by atoms with Crippen molar-refractivity contribution in [1.82, 2.24) is 9.88 Å². The van der Waals surface area contributed by atoms with E-state index in [4.69, 9.17) is 16.0 Å². The second kappa shape index (κ2) is 9.21. The molecule has 1 saturated heterocycles. The van der Waals surface area contributed by atoms with Crippen LogP contribution in [0.1, 0.15) is 12.6 Å². The van der Waals surface area contributed by atoms with Crippen molar-refractivity contribution < 1.29 is 4.42 Å². The molecular weight excluding hydrogens is 398 g/mol. The van der Waals surface area contributed by atoms with Crippen LogP contribution in [0.5, 0.6) is 0 Å². The number of nitrogens with one attached hydrogen (secondary N) is 1. The standard InChI is InChI=1S/C23H24ClN5O/c1-17(28-11-13-29(14-12-28)20-5-3-2-4-6-20)16-26-23-21(15-25)27-22(30-23)18-7-9-19(24)10-8-18/h2-10,17,26H,11-14,16H2,1H3/t17-/m1/s1. The highest BCUT2D eigenvalue weighted by Crippen LogP contribution is 2.26. The Bertz CT molecular complexity index is 1000. The highest BCUT2D eigenvalue weighted by molar-refractivity contribution is 6.30. The number of aromatic nitrogens is 1. The van der Waals surface area contributed by atoms with Crippen molar-refractivity contribution in [3.8, 4) is 17.5 Å². The fraction of sp³-hybridized carbons (Fsp3) is 0.304. The van der Waals surface area contributed by atoms with Gasteiger partial charge in [-0.15, -0.1) is 0 Å². The maximum atomic E-state index is 9.42. The van der Waals surface area contributed by atoms with Gasteiger partial charge in [-0.2, -0.15) is 10.2 Å². The van der Waals surface area contributed by atoms with E-state index in [1.54, 1.807) is 12.1 Å². The molecule has 1 atom stereocenters. The van der Waals surface area contributed by atoms with Gasteiger partial charge in [-0.05, 0) is 43.3 Å². The van der Waals surface area contributed by atoms with Crippen molar-refractivity contribution in [2.45, 2.75) is 13.0 Å². The SMILES string of the molecule is C[C@H](CNc1oc(-c2ccc(Cl)cc2)nc1C#N)N1CCN(c2ccccc2)CC1. The average molecular weight is 422 g/mol. The van der Waals surface area contributed by atoms with Crippen molar-refractivity contribution in [1.29, 1.82) is 5.26 Å². The van der Waals surface area contributed by atoms with Crippen LogP contribution < -0.4 is 10.2 Å². The molecule has 1 aromatic heterocycles. The van der Waals surface area contributed by atoms with Gasteiger partial charge in [-0.25, -0.2) is 0 Å². The molecule has 0 amide bonds. The molecule has 3 aromatic rings. The van der Waals surface area contributed by atoms with Crippen molar-refractivity contribution in [3.05, 3.63) is 65.3 Å². The number of rotatable bonds is 6. The monoisotopic (exact) mass is 421 g/mol. The predicted molar refractivity (Wildman–Crippen MR) is 120 cm³/mol. The van der Waals surface area contributed by atoms with Crippen LogP contribution in [0.25, 0.3) is 11.5 Å². The number of benzene rings is 2. The van der Waals surface area contributed by atoms with Crippen LogP contribution in [0.2, 0.25) is 5.02 Å². The van der Waals surface area contributed by atoms with Crippen LogP contribution >= 0.6 is 11.6 Å². The Morgan fingerprint density at radius 3 is 2.47 bits per heavy atom. The summed E-state index contributed by atoms with van der Waals surface area (Å²) in [6, 6.07) is 20.1. The van der Waals surface area contributed by atoms with Crippen molar-refractivity contribution in [2.24, 2.45) is 0 Å². The lowest BCUT2D eigenvalue weighted by Crippen LogP contribution is -2.51. The number of piperazine rings is 1. The third kappa shape index (κ3) is 4.59. The Hall–Kier alpha value is -3.01. The van der Waals surface area contributed by atoms with Crippen LogP contribution in [0.4, 0.5) is 11.6 Å². The summed E-state index contributed by atoms with van der Waals surface area (Å²) in [6.45, 7) is 6.86. The molecule has 0 unspecified atom stereocenters. The van der Waals surface area contributed by atoms with E-state index in [1.807, 2.05) is 18.2 Å². The highest BCUT2D eigenvalue weighted by Gasteiger charge is 2.22. The van der Waals surface area contributed by atoms with Gasteiger partial charge in [0, 0.05) is 55.0 Å². The van der Waals surface area contributed by atoms with E-state index < -0.39 is 0 Å². The Morgan fingerprint density at radius 2 is 1.80 bits per heavy atom. The van der Waals surface area contributed by atoms with Crippen LogP contribution in [0, 0.1) is 11.3 Å². The molecule has 0 spiro atoms. The zero-order chi connectivity index (χ0) is 20.9. The minimum atomic E-state index is 0.265. The quantitative estimate of drug-likeness (QED) is 0.632. The summed E-state index contributed by atoms with van der Waals surface area (Å²) in [6.07, 6.45) is 0. The highest BCUT2D eigenvalue weighted by atomic mass is 35.5. The van der Waals surface area contributed by atoms with Crippen LogP contribution in [-0.2, 0) is 0 Å². The average Bonchev–Trinajstić information content (AvgIpc) is 3.22. The molecule has 154 valence electrons. The molecule has 2 aromatic carbocycles. The largest absolute Gasteiger partial charge is 0.419 e. The molecule has 0 aliphatic carbocycles. The fourth-order valence-electron chi connectivity index (χ4n) is 3.66. The minimum absolute atomic E-state index is 0.265. The lowest BCUT2D eigenvalue weighted by molar-refractivity contribution is 0.204. The van der Waals surface area contributed by atoms with Crippen LogP contribution in [0.3, 0.4) is 0 Å². The van der Waals surface area contributed by atoms with E-state index in [9.17, 15) is 5.26 Å². The molecule has 1 N–H and O–H groups in total. The van der Waals surface area contributed by atoms with Gasteiger partial charge < -0.3 is 14.6 Å². The molecule has 1 fully saturated rings. The van der Waals surface area contributed by atoms with E-state index in [0.29, 0.717) is 29.4 Å². The number of nitriles is 1. The maximum absolute atomic E-state index is 9.42. The summed E-state index contributed by atoms with van der Waals surface area (Å²) in [5.74, 6) is 0.826. The van der Waals surface area contributed by atoms with Gasteiger partial charge in [-0.1, -0.05) is 29.8 Å². The first kappa shape index (κ1) is 20.3. The Kier molecular flexibility index (Phi) is 6.22. The van der Waals surface area contributed by atoms with Gasteiger partial charge in [0.15, 0.2) is 0 Å². The molecule has 2 heterocycles. The fourth-order valence-corrected chi connectivity index (χ4v) is 3.79. The number of para-hydroxylation sites is 1. The Morgan fingerprint density at radius 1 is 1.10 bits per heavy atom. The lowest BCUT2D eigenvalue weighted by atomic mass is 10.2. The van der Waals surface area contributed by atoms with Gasteiger partial charge in [0.1, 0.15) is 6.07 Å². The molecule has 30 heavy (non-hydrogen) atoms. The van der Waals surface area contributed by atoms with E-state index >= 15 is 0 Å². The Labute approximate surface area is 181 Å². The second-order valence-electron chi connectivity index (χ2n) is 7.40. The molecule has 6 nitrogen and oxygen atoms in total. The van der Waals surface area contributed by atoms with Crippen LogP contribution in [-0.4, -0.2) is 48.6 Å². The zero-order valence-electron chi connectivity index (χ0n) is 16.9. The number of nitrogens with zero attached hydrogens (tertiary/aromatic N) is 4. The normalized spacial score (nSPS) is 15.6. The predicted octanol–water partition coefficient (Wildman–Crippen LogP) is 4.49. The van der Waals surface area contributed by atoms with Gasteiger partial charge in [0.2, 0.25) is 17.5 Å². The molecule has 0 radical (unpaired) electrons. The molecule has 0 bridgehead atoms. The molecule has 0 saturated carbocycles. The first-order chi connectivity index (χ1) is 14.6. The Balaban J connectivity index is 1.34. The molecule has 1 aliphatic heterocycles. The van der Waals surface area contributed by atoms with Gasteiger partial charge in [0.25, 0.3) is 0 Å². The van der Waals surface area contributed by atoms with Crippen molar-refractivity contribution in [3.63, 3.8) is 0 Å². The molecular formula is C23H24ClN5O. The first-order valence-electron chi connectivity index (χ1n) is 10.1. The molecule has 7 heteroatoms. The summed E-state index contributed by atoms with van der Waals surface area (Å²) >= 11 is 5.94. The number of halogens is 1.